The Balaban J connectivity index is 1.26. The number of amides is 2. The maximum Gasteiger partial charge on any atom is 0.266 e. The minimum absolute atomic E-state index is 0.0263. The summed E-state index contributed by atoms with van der Waals surface area (Å²) >= 11 is 6.67. The average molecular weight is 413 g/mol. The van der Waals surface area contributed by atoms with E-state index in [1.807, 2.05) is 36.4 Å². The Kier molecular flexibility index (Phi) is 4.59. The Hall–Kier alpha value is -1.66. The fourth-order valence-corrected chi connectivity index (χ4v) is 7.33. The highest BCUT2D eigenvalue weighted by molar-refractivity contribution is 8.26. The molecule has 6 heteroatoms. The summed E-state index contributed by atoms with van der Waals surface area (Å²) in [4.78, 5) is 27.7. The fourth-order valence-electron chi connectivity index (χ4n) is 6.08. The Morgan fingerprint density at radius 3 is 2.36 bits per heavy atom. The molecule has 0 radical (unpaired) electrons. The van der Waals surface area contributed by atoms with Crippen LogP contribution in [0.3, 0.4) is 0 Å². The molecule has 1 aliphatic heterocycles. The van der Waals surface area contributed by atoms with Crippen molar-refractivity contribution in [2.45, 2.75) is 44.1 Å². The Morgan fingerprint density at radius 2 is 1.75 bits per heavy atom. The average Bonchev–Trinajstić information content (AvgIpc) is 2.88. The third-order valence-electron chi connectivity index (χ3n) is 6.72. The minimum Gasteiger partial charge on any atom is -0.349 e. The molecule has 4 saturated carbocycles. The van der Waals surface area contributed by atoms with Crippen LogP contribution in [0.4, 0.5) is 0 Å². The number of carbonyl (C=O) groups excluding carboxylic acids is 2. The van der Waals surface area contributed by atoms with E-state index in [9.17, 15) is 9.59 Å². The van der Waals surface area contributed by atoms with E-state index in [2.05, 4.69) is 5.32 Å². The van der Waals surface area contributed by atoms with Crippen molar-refractivity contribution in [3.05, 3.63) is 40.8 Å². The van der Waals surface area contributed by atoms with Crippen LogP contribution in [0.25, 0.3) is 6.08 Å². The van der Waals surface area contributed by atoms with Gasteiger partial charge in [0.05, 0.1) is 4.91 Å². The van der Waals surface area contributed by atoms with E-state index >= 15 is 0 Å². The predicted molar refractivity (Wildman–Crippen MR) is 115 cm³/mol. The molecule has 6 rings (SSSR count). The van der Waals surface area contributed by atoms with Crippen LogP contribution in [0.1, 0.15) is 44.1 Å². The lowest BCUT2D eigenvalue weighted by atomic mass is 9.53. The van der Waals surface area contributed by atoms with Gasteiger partial charge in [-0.2, -0.15) is 0 Å². The summed E-state index contributed by atoms with van der Waals surface area (Å²) in [6.45, 7) is 0.0263. The fraction of sp³-hybridized carbons (Fsp3) is 0.500. The number of rotatable bonds is 4. The van der Waals surface area contributed by atoms with Crippen molar-refractivity contribution in [1.82, 2.24) is 10.2 Å². The van der Waals surface area contributed by atoms with E-state index in [1.54, 1.807) is 0 Å². The van der Waals surface area contributed by atoms with Gasteiger partial charge >= 0.3 is 0 Å². The maximum absolute atomic E-state index is 12.8. The standard InChI is InChI=1S/C22H24N2O2S2/c25-19(23-22-10-15-6-16(11-22)8-17(7-15)12-22)13-24-20(26)18(28-21(24)27)9-14-4-2-1-3-5-14/h1-5,9,15-17H,6-8,10-13H2,(H,23,25). The largest absolute Gasteiger partial charge is 0.349 e. The number of hydrogen-bond donors (Lipinski definition) is 1. The van der Waals surface area contributed by atoms with Crippen molar-refractivity contribution in [2.75, 3.05) is 6.54 Å². The lowest BCUT2D eigenvalue weighted by Gasteiger charge is -2.57. The first-order chi connectivity index (χ1) is 13.5. The van der Waals surface area contributed by atoms with Gasteiger partial charge in [-0.3, -0.25) is 14.5 Å². The van der Waals surface area contributed by atoms with Crippen molar-refractivity contribution >= 4 is 46.2 Å². The normalized spacial score (nSPS) is 35.1. The SMILES string of the molecule is O=C(CN1C(=O)C(=Cc2ccccc2)SC1=S)NC12CC3CC(CC(C3)C1)C2. The topological polar surface area (TPSA) is 49.4 Å². The van der Waals surface area contributed by atoms with Gasteiger partial charge in [-0.25, -0.2) is 0 Å². The zero-order valence-electron chi connectivity index (χ0n) is 15.7. The van der Waals surface area contributed by atoms with Gasteiger partial charge in [0, 0.05) is 5.54 Å². The van der Waals surface area contributed by atoms with Crippen LogP contribution in [-0.2, 0) is 9.59 Å². The van der Waals surface area contributed by atoms with Crippen molar-refractivity contribution in [3.63, 3.8) is 0 Å². The number of thioether (sulfide) groups is 1. The highest BCUT2D eigenvalue weighted by Crippen LogP contribution is 2.55. The Morgan fingerprint density at radius 1 is 1.14 bits per heavy atom. The van der Waals surface area contributed by atoms with Gasteiger partial charge in [-0.15, -0.1) is 0 Å². The molecule has 146 valence electrons. The molecule has 1 N–H and O–H groups in total. The molecule has 4 bridgehead atoms. The zero-order chi connectivity index (χ0) is 19.3. The number of hydrogen-bond acceptors (Lipinski definition) is 4. The zero-order valence-corrected chi connectivity index (χ0v) is 17.4. The minimum atomic E-state index is -0.167. The van der Waals surface area contributed by atoms with E-state index in [-0.39, 0.29) is 23.9 Å². The molecule has 5 aliphatic rings. The van der Waals surface area contributed by atoms with Crippen LogP contribution >= 0.6 is 24.0 Å². The molecule has 5 fully saturated rings. The second-order valence-electron chi connectivity index (χ2n) is 8.92. The molecule has 0 spiro atoms. The number of nitrogens with one attached hydrogen (secondary N) is 1. The van der Waals surface area contributed by atoms with Crippen LogP contribution in [-0.4, -0.2) is 33.1 Å². The van der Waals surface area contributed by atoms with E-state index in [0.717, 1.165) is 42.6 Å². The van der Waals surface area contributed by atoms with Crippen molar-refractivity contribution in [2.24, 2.45) is 17.8 Å². The molecular weight excluding hydrogens is 388 g/mol. The highest BCUT2D eigenvalue weighted by Gasteiger charge is 2.51. The Bertz CT molecular complexity index is 829. The second-order valence-corrected chi connectivity index (χ2v) is 10.6. The summed E-state index contributed by atoms with van der Waals surface area (Å²) in [6.07, 6.45) is 9.19. The van der Waals surface area contributed by atoms with E-state index in [0.29, 0.717) is 9.23 Å². The summed E-state index contributed by atoms with van der Waals surface area (Å²) in [6, 6.07) is 9.72. The lowest BCUT2D eigenvalue weighted by molar-refractivity contribution is -0.132. The number of nitrogens with zero attached hydrogens (tertiary/aromatic N) is 1. The molecule has 1 aromatic carbocycles. The summed E-state index contributed by atoms with van der Waals surface area (Å²) in [5, 5.41) is 3.34. The summed E-state index contributed by atoms with van der Waals surface area (Å²) in [5.74, 6) is 2.09. The molecule has 28 heavy (non-hydrogen) atoms. The van der Waals surface area contributed by atoms with Gasteiger partial charge < -0.3 is 5.32 Å². The lowest BCUT2D eigenvalue weighted by Crippen LogP contribution is -2.61. The van der Waals surface area contributed by atoms with Gasteiger partial charge in [-0.1, -0.05) is 54.3 Å². The van der Waals surface area contributed by atoms with Crippen LogP contribution in [0.5, 0.6) is 0 Å². The molecule has 0 aromatic heterocycles. The molecule has 4 aliphatic carbocycles. The molecule has 1 aromatic rings. The summed E-state index contributed by atoms with van der Waals surface area (Å²) < 4.78 is 0.466. The number of thiocarbonyl (C=S) groups is 1. The third kappa shape index (κ3) is 3.41. The van der Waals surface area contributed by atoms with Gasteiger partial charge in [-0.05, 0) is 67.9 Å². The first-order valence-electron chi connectivity index (χ1n) is 10.1. The van der Waals surface area contributed by atoms with E-state index < -0.39 is 0 Å². The first kappa shape index (κ1) is 18.4. The number of benzene rings is 1. The molecule has 1 saturated heterocycles. The van der Waals surface area contributed by atoms with Crippen molar-refractivity contribution in [3.8, 4) is 0 Å². The van der Waals surface area contributed by atoms with Crippen LogP contribution in [0, 0.1) is 17.8 Å². The van der Waals surface area contributed by atoms with Crippen LogP contribution in [0.2, 0.25) is 0 Å². The number of carbonyl (C=O) groups is 2. The van der Waals surface area contributed by atoms with Gasteiger partial charge in [0.15, 0.2) is 0 Å². The predicted octanol–water partition coefficient (Wildman–Crippen LogP) is 3.97. The first-order valence-corrected chi connectivity index (χ1v) is 11.3. The summed E-state index contributed by atoms with van der Waals surface area (Å²) in [5.41, 5.74) is 0.924. The quantitative estimate of drug-likeness (QED) is 0.600. The molecule has 1 heterocycles. The molecule has 0 atom stereocenters. The Labute approximate surface area is 175 Å². The maximum atomic E-state index is 12.8. The third-order valence-corrected chi connectivity index (χ3v) is 8.09. The molecule has 4 nitrogen and oxygen atoms in total. The van der Waals surface area contributed by atoms with E-state index in [1.165, 1.54) is 35.9 Å². The molecular formula is C22H24N2O2S2. The van der Waals surface area contributed by atoms with Gasteiger partial charge in [0.2, 0.25) is 5.91 Å². The molecule has 0 unspecified atom stereocenters. The van der Waals surface area contributed by atoms with Crippen molar-refractivity contribution < 1.29 is 9.59 Å². The van der Waals surface area contributed by atoms with Crippen LogP contribution < -0.4 is 5.32 Å². The van der Waals surface area contributed by atoms with E-state index in [4.69, 9.17) is 12.2 Å². The van der Waals surface area contributed by atoms with Crippen LogP contribution in [0.15, 0.2) is 35.2 Å². The monoisotopic (exact) mass is 412 g/mol. The highest BCUT2D eigenvalue weighted by atomic mass is 32.2. The second kappa shape index (κ2) is 6.99. The summed E-state index contributed by atoms with van der Waals surface area (Å²) in [7, 11) is 0. The molecule has 2 amide bonds. The van der Waals surface area contributed by atoms with Gasteiger partial charge in [0.25, 0.3) is 5.91 Å². The smallest absolute Gasteiger partial charge is 0.266 e. The van der Waals surface area contributed by atoms with Crippen molar-refractivity contribution in [1.29, 1.82) is 0 Å². The van der Waals surface area contributed by atoms with Gasteiger partial charge in [0.1, 0.15) is 10.9 Å².